The van der Waals surface area contributed by atoms with Gasteiger partial charge in [-0.1, -0.05) is 30.3 Å². The topological polar surface area (TPSA) is 95.5 Å². The number of hydrogen-bond acceptors (Lipinski definition) is 4. The van der Waals surface area contributed by atoms with E-state index in [1.807, 2.05) is 0 Å². The zero-order valence-electron chi connectivity index (χ0n) is 11.4. The Kier molecular flexibility index (Phi) is 4.92. The maximum absolute atomic E-state index is 12.1. The summed E-state index contributed by atoms with van der Waals surface area (Å²) in [4.78, 5) is 11.0. The van der Waals surface area contributed by atoms with E-state index in [1.54, 1.807) is 42.5 Å². The number of carbonyl (C=O) groups is 1. The van der Waals surface area contributed by atoms with Gasteiger partial charge in [0.1, 0.15) is 0 Å². The molecule has 0 aromatic heterocycles. The van der Waals surface area contributed by atoms with Crippen molar-refractivity contribution in [1.29, 1.82) is 0 Å². The van der Waals surface area contributed by atoms with Crippen LogP contribution in [0, 0.1) is 0 Å². The zero-order valence-corrected chi connectivity index (χ0v) is 12.2. The predicted molar refractivity (Wildman–Crippen MR) is 82.7 cm³/mol. The minimum Gasteiger partial charge on any atom is -0.288 e. The Bertz CT molecular complexity index is 769. The molecule has 0 aliphatic heterocycles. The first-order valence-corrected chi connectivity index (χ1v) is 7.80. The molecule has 0 atom stereocenters. The lowest BCUT2D eigenvalue weighted by Gasteiger charge is -2.08. The molecule has 0 spiro atoms. The summed E-state index contributed by atoms with van der Waals surface area (Å²) >= 11 is 0. The van der Waals surface area contributed by atoms with Crippen molar-refractivity contribution in [1.82, 2.24) is 5.48 Å². The van der Waals surface area contributed by atoms with E-state index in [9.17, 15) is 13.2 Å². The smallest absolute Gasteiger partial charge is 0.267 e. The van der Waals surface area contributed by atoms with Crippen molar-refractivity contribution < 1.29 is 18.4 Å². The van der Waals surface area contributed by atoms with Crippen LogP contribution in [0.15, 0.2) is 65.6 Å². The summed E-state index contributed by atoms with van der Waals surface area (Å²) in [6.45, 7) is 0. The van der Waals surface area contributed by atoms with Crippen molar-refractivity contribution in [2.24, 2.45) is 0 Å². The van der Waals surface area contributed by atoms with E-state index < -0.39 is 15.9 Å². The fourth-order valence-corrected chi connectivity index (χ4v) is 2.76. The molecule has 0 radical (unpaired) electrons. The lowest BCUT2D eigenvalue weighted by Crippen LogP contribution is -2.14. The minimum atomic E-state index is -3.62. The van der Waals surface area contributed by atoms with E-state index in [0.29, 0.717) is 11.3 Å². The van der Waals surface area contributed by atoms with Crippen LogP contribution in [0.4, 0.5) is 5.69 Å². The highest BCUT2D eigenvalue weighted by atomic mass is 32.2. The van der Waals surface area contributed by atoms with E-state index in [2.05, 4.69) is 4.72 Å². The molecule has 0 aliphatic rings. The summed E-state index contributed by atoms with van der Waals surface area (Å²) in [5.74, 6) is -0.645. The Balaban J connectivity index is 2.12. The van der Waals surface area contributed by atoms with Crippen molar-refractivity contribution >= 4 is 27.7 Å². The van der Waals surface area contributed by atoms with Gasteiger partial charge in [-0.15, -0.1) is 0 Å². The first kappa shape index (κ1) is 15.7. The zero-order chi connectivity index (χ0) is 16.0. The number of nitrogens with one attached hydrogen (secondary N) is 2. The van der Waals surface area contributed by atoms with Crippen LogP contribution in [0.3, 0.4) is 0 Å². The second-order valence-electron chi connectivity index (χ2n) is 4.35. The molecule has 0 unspecified atom stereocenters. The lowest BCUT2D eigenvalue weighted by molar-refractivity contribution is -0.124. The molecule has 2 aromatic carbocycles. The fraction of sp³-hybridized carbons (Fsp3) is 0. The van der Waals surface area contributed by atoms with Crippen LogP contribution in [0.5, 0.6) is 0 Å². The molecule has 6 nitrogen and oxygen atoms in total. The van der Waals surface area contributed by atoms with Gasteiger partial charge in [-0.3, -0.25) is 14.7 Å². The Morgan fingerprint density at radius 2 is 1.64 bits per heavy atom. The maximum atomic E-state index is 12.1. The molecule has 1 amide bonds. The van der Waals surface area contributed by atoms with Crippen LogP contribution >= 0.6 is 0 Å². The van der Waals surface area contributed by atoms with Crippen LogP contribution in [0.1, 0.15) is 5.56 Å². The van der Waals surface area contributed by atoms with Crippen LogP contribution in [-0.4, -0.2) is 19.5 Å². The first-order chi connectivity index (χ1) is 10.5. The van der Waals surface area contributed by atoms with Crippen LogP contribution in [0.2, 0.25) is 0 Å². The molecule has 0 saturated carbocycles. The average Bonchev–Trinajstić information content (AvgIpc) is 2.54. The summed E-state index contributed by atoms with van der Waals surface area (Å²) in [5, 5.41) is 8.37. The van der Waals surface area contributed by atoms with Crippen molar-refractivity contribution in [2.75, 3.05) is 4.72 Å². The third kappa shape index (κ3) is 4.18. The highest BCUT2D eigenvalue weighted by molar-refractivity contribution is 7.92. The maximum Gasteiger partial charge on any atom is 0.267 e. The van der Waals surface area contributed by atoms with Gasteiger partial charge in [0.2, 0.25) is 0 Å². The normalized spacial score (nSPS) is 11.3. The summed E-state index contributed by atoms with van der Waals surface area (Å²) in [6.07, 6.45) is 2.64. The molecule has 0 aliphatic carbocycles. The second-order valence-corrected chi connectivity index (χ2v) is 6.03. The average molecular weight is 318 g/mol. The molecule has 3 N–H and O–H groups in total. The number of amides is 1. The number of benzene rings is 2. The Hall–Kier alpha value is -2.64. The molecule has 7 heteroatoms. The van der Waals surface area contributed by atoms with E-state index in [0.717, 1.165) is 6.08 Å². The molecule has 22 heavy (non-hydrogen) atoms. The van der Waals surface area contributed by atoms with Gasteiger partial charge in [-0.05, 0) is 35.9 Å². The molecule has 114 valence electrons. The highest BCUT2D eigenvalue weighted by Crippen LogP contribution is 2.16. The standard InChI is InChI=1S/C15H14N2O4S/c18-15(16-19)11-8-12-6-9-13(10-7-12)17-22(20,21)14-4-2-1-3-5-14/h1-11,17,19H,(H,16,18)/b11-8+. The quantitative estimate of drug-likeness (QED) is 0.446. The Morgan fingerprint density at radius 1 is 1.00 bits per heavy atom. The molecular formula is C15H14N2O4S. The van der Waals surface area contributed by atoms with Crippen molar-refractivity contribution in [2.45, 2.75) is 4.90 Å². The van der Waals surface area contributed by atoms with Gasteiger partial charge in [0, 0.05) is 11.8 Å². The molecular weight excluding hydrogens is 304 g/mol. The van der Waals surface area contributed by atoms with Gasteiger partial charge in [0.05, 0.1) is 4.90 Å². The highest BCUT2D eigenvalue weighted by Gasteiger charge is 2.12. The first-order valence-electron chi connectivity index (χ1n) is 6.31. The molecule has 0 fully saturated rings. The third-order valence-corrected chi connectivity index (χ3v) is 4.15. The third-order valence-electron chi connectivity index (χ3n) is 2.75. The summed E-state index contributed by atoms with van der Waals surface area (Å²) < 4.78 is 26.7. The second kappa shape index (κ2) is 6.88. The molecule has 2 rings (SSSR count). The number of hydroxylamine groups is 1. The molecule has 0 bridgehead atoms. The van der Waals surface area contributed by atoms with Crippen LogP contribution in [0.25, 0.3) is 6.08 Å². The molecule has 2 aromatic rings. The molecule has 0 heterocycles. The van der Waals surface area contributed by atoms with Crippen LogP contribution in [-0.2, 0) is 14.8 Å². The predicted octanol–water partition coefficient (Wildman–Crippen LogP) is 2.01. The van der Waals surface area contributed by atoms with E-state index in [1.165, 1.54) is 23.7 Å². The van der Waals surface area contributed by atoms with E-state index in [4.69, 9.17) is 5.21 Å². The van der Waals surface area contributed by atoms with Crippen molar-refractivity contribution in [3.05, 3.63) is 66.2 Å². The fourth-order valence-electron chi connectivity index (χ4n) is 1.69. The lowest BCUT2D eigenvalue weighted by atomic mass is 10.2. The number of rotatable bonds is 5. The molecule has 0 saturated heterocycles. The van der Waals surface area contributed by atoms with Gasteiger partial charge >= 0.3 is 0 Å². The largest absolute Gasteiger partial charge is 0.288 e. The SMILES string of the molecule is O=C(/C=C/c1ccc(NS(=O)(=O)c2ccccc2)cc1)NO. The van der Waals surface area contributed by atoms with Crippen molar-refractivity contribution in [3.63, 3.8) is 0 Å². The minimum absolute atomic E-state index is 0.179. The number of anilines is 1. The summed E-state index contributed by atoms with van der Waals surface area (Å²) in [5.41, 5.74) is 2.57. The van der Waals surface area contributed by atoms with E-state index in [-0.39, 0.29) is 4.90 Å². The number of carbonyl (C=O) groups excluding carboxylic acids is 1. The van der Waals surface area contributed by atoms with Gasteiger partial charge in [0.15, 0.2) is 0 Å². The van der Waals surface area contributed by atoms with Gasteiger partial charge < -0.3 is 0 Å². The van der Waals surface area contributed by atoms with E-state index >= 15 is 0 Å². The Labute approximate surface area is 128 Å². The number of hydrogen-bond donors (Lipinski definition) is 3. The monoisotopic (exact) mass is 318 g/mol. The van der Waals surface area contributed by atoms with Crippen molar-refractivity contribution in [3.8, 4) is 0 Å². The Morgan fingerprint density at radius 3 is 2.23 bits per heavy atom. The summed E-state index contributed by atoms with van der Waals surface area (Å²) in [6, 6.07) is 14.5. The van der Waals surface area contributed by atoms with Gasteiger partial charge in [0.25, 0.3) is 15.9 Å². The van der Waals surface area contributed by atoms with Gasteiger partial charge in [-0.25, -0.2) is 13.9 Å². The van der Waals surface area contributed by atoms with Gasteiger partial charge in [-0.2, -0.15) is 0 Å². The van der Waals surface area contributed by atoms with Crippen LogP contribution < -0.4 is 10.2 Å². The number of sulfonamides is 1. The summed E-state index contributed by atoms with van der Waals surface area (Å²) in [7, 11) is -3.62.